The van der Waals surface area contributed by atoms with Gasteiger partial charge in [0, 0.05) is 6.54 Å². The van der Waals surface area contributed by atoms with Crippen LogP contribution in [0.5, 0.6) is 5.75 Å². The first-order valence-electron chi connectivity index (χ1n) is 8.64. The van der Waals surface area contributed by atoms with E-state index in [2.05, 4.69) is 26.1 Å². The molecular weight excluding hydrogens is 274 g/mol. The van der Waals surface area contributed by atoms with Crippen LogP contribution in [0.1, 0.15) is 58.9 Å². The molecule has 0 aliphatic heterocycles. The minimum absolute atomic E-state index is 0.0270. The zero-order chi connectivity index (χ0) is 16.4. The number of amides is 1. The molecule has 2 unspecified atom stereocenters. The van der Waals surface area contributed by atoms with Crippen molar-refractivity contribution in [2.75, 3.05) is 6.54 Å². The summed E-state index contributed by atoms with van der Waals surface area (Å²) in [5.74, 6) is 1.35. The van der Waals surface area contributed by atoms with Crippen molar-refractivity contribution >= 4 is 5.91 Å². The second-order valence-electron chi connectivity index (χ2n) is 5.88. The number of rotatable bonds is 10. The van der Waals surface area contributed by atoms with E-state index in [4.69, 9.17) is 4.74 Å². The normalized spacial score (nSPS) is 13.5. The second kappa shape index (κ2) is 10.3. The van der Waals surface area contributed by atoms with Crippen molar-refractivity contribution in [3.63, 3.8) is 0 Å². The van der Waals surface area contributed by atoms with E-state index in [-0.39, 0.29) is 5.91 Å². The van der Waals surface area contributed by atoms with E-state index >= 15 is 0 Å². The van der Waals surface area contributed by atoms with Gasteiger partial charge in [-0.15, -0.1) is 0 Å². The van der Waals surface area contributed by atoms with E-state index in [1.807, 2.05) is 31.2 Å². The molecule has 0 saturated carbocycles. The lowest BCUT2D eigenvalue weighted by Gasteiger charge is -2.19. The van der Waals surface area contributed by atoms with E-state index in [1.165, 1.54) is 19.3 Å². The van der Waals surface area contributed by atoms with Gasteiger partial charge in [-0.25, -0.2) is 0 Å². The van der Waals surface area contributed by atoms with Gasteiger partial charge in [0.25, 0.3) is 5.91 Å². The molecule has 1 rings (SSSR count). The van der Waals surface area contributed by atoms with Gasteiger partial charge in [0.2, 0.25) is 0 Å². The number of aryl methyl sites for hydroxylation is 1. The Morgan fingerprint density at radius 3 is 2.59 bits per heavy atom. The molecule has 2 atom stereocenters. The molecule has 0 saturated heterocycles. The van der Waals surface area contributed by atoms with Gasteiger partial charge in [-0.2, -0.15) is 0 Å². The quantitative estimate of drug-likeness (QED) is 0.698. The topological polar surface area (TPSA) is 38.3 Å². The first-order chi connectivity index (χ1) is 10.6. The molecule has 1 aromatic rings. The third-order valence-electron chi connectivity index (χ3n) is 4.13. The van der Waals surface area contributed by atoms with Gasteiger partial charge in [0.05, 0.1) is 0 Å². The maximum Gasteiger partial charge on any atom is 0.260 e. The third kappa shape index (κ3) is 6.08. The molecule has 0 aliphatic rings. The molecule has 0 fully saturated rings. The highest BCUT2D eigenvalue weighted by Gasteiger charge is 2.17. The van der Waals surface area contributed by atoms with Gasteiger partial charge >= 0.3 is 0 Å². The van der Waals surface area contributed by atoms with Crippen LogP contribution >= 0.6 is 0 Å². The van der Waals surface area contributed by atoms with Crippen LogP contribution in [0.3, 0.4) is 0 Å². The van der Waals surface area contributed by atoms with Gasteiger partial charge in [0.1, 0.15) is 5.75 Å². The van der Waals surface area contributed by atoms with Crippen LogP contribution in [0.2, 0.25) is 0 Å². The number of nitrogens with one attached hydrogen (secondary N) is 1. The minimum atomic E-state index is -0.462. The average molecular weight is 305 g/mol. The first-order valence-corrected chi connectivity index (χ1v) is 8.64. The fourth-order valence-electron chi connectivity index (χ4n) is 2.49. The lowest BCUT2D eigenvalue weighted by molar-refractivity contribution is -0.127. The Morgan fingerprint density at radius 2 is 1.95 bits per heavy atom. The van der Waals surface area contributed by atoms with Crippen molar-refractivity contribution in [2.45, 2.75) is 65.9 Å². The van der Waals surface area contributed by atoms with E-state index in [9.17, 15) is 4.79 Å². The number of benzene rings is 1. The summed E-state index contributed by atoms with van der Waals surface area (Å²) < 4.78 is 5.83. The van der Waals surface area contributed by atoms with Crippen LogP contribution < -0.4 is 10.1 Å². The largest absolute Gasteiger partial charge is 0.481 e. The van der Waals surface area contributed by atoms with Crippen LogP contribution in [0.25, 0.3) is 0 Å². The number of unbranched alkanes of at least 4 members (excludes halogenated alkanes) is 1. The number of hydrogen-bond donors (Lipinski definition) is 1. The Kier molecular flexibility index (Phi) is 8.64. The molecule has 0 aromatic heterocycles. The lowest BCUT2D eigenvalue weighted by Crippen LogP contribution is -2.39. The van der Waals surface area contributed by atoms with Crippen molar-refractivity contribution in [2.24, 2.45) is 5.92 Å². The molecule has 124 valence electrons. The summed E-state index contributed by atoms with van der Waals surface area (Å²) in [5.41, 5.74) is 1.14. The SMILES string of the molecule is CCCCC(CC)CNC(=O)C(C)Oc1ccccc1CC. The Labute approximate surface area is 135 Å². The standard InChI is InChI=1S/C19H31NO2/c1-5-8-11-16(6-2)14-20-19(21)15(4)22-18-13-10-9-12-17(18)7-3/h9-10,12-13,15-16H,5-8,11,14H2,1-4H3,(H,20,21). The molecule has 0 spiro atoms. The van der Waals surface area contributed by atoms with Crippen LogP contribution in [0.4, 0.5) is 0 Å². The number of ether oxygens (including phenoxy) is 1. The second-order valence-corrected chi connectivity index (χ2v) is 5.88. The van der Waals surface area contributed by atoms with Crippen molar-refractivity contribution in [1.29, 1.82) is 0 Å². The van der Waals surface area contributed by atoms with Crippen LogP contribution in [0.15, 0.2) is 24.3 Å². The fourth-order valence-corrected chi connectivity index (χ4v) is 2.49. The van der Waals surface area contributed by atoms with Crippen molar-refractivity contribution in [3.05, 3.63) is 29.8 Å². The molecule has 0 bridgehead atoms. The molecule has 1 N–H and O–H groups in total. The van der Waals surface area contributed by atoms with Gasteiger partial charge in [-0.1, -0.05) is 58.2 Å². The highest BCUT2D eigenvalue weighted by atomic mass is 16.5. The van der Waals surface area contributed by atoms with E-state index in [0.29, 0.717) is 5.92 Å². The van der Waals surface area contributed by atoms with Crippen LogP contribution in [-0.4, -0.2) is 18.6 Å². The average Bonchev–Trinajstić information content (AvgIpc) is 2.55. The van der Waals surface area contributed by atoms with Gasteiger partial charge in [-0.05, 0) is 37.3 Å². The summed E-state index contributed by atoms with van der Waals surface area (Å²) in [6.07, 6.45) is 5.16. The Hall–Kier alpha value is -1.51. The van der Waals surface area contributed by atoms with Crippen molar-refractivity contribution in [1.82, 2.24) is 5.32 Å². The maximum atomic E-state index is 12.2. The molecule has 3 nitrogen and oxygen atoms in total. The molecule has 1 aromatic carbocycles. The Morgan fingerprint density at radius 1 is 1.23 bits per heavy atom. The van der Waals surface area contributed by atoms with E-state index in [1.54, 1.807) is 0 Å². The smallest absolute Gasteiger partial charge is 0.260 e. The summed E-state index contributed by atoms with van der Waals surface area (Å²) in [5, 5.41) is 3.04. The fraction of sp³-hybridized carbons (Fsp3) is 0.632. The predicted molar refractivity (Wildman–Crippen MR) is 92.2 cm³/mol. The molecule has 1 amide bonds. The Balaban J connectivity index is 2.47. The minimum Gasteiger partial charge on any atom is -0.481 e. The summed E-state index contributed by atoms with van der Waals surface area (Å²) >= 11 is 0. The predicted octanol–water partition coefficient (Wildman–Crippen LogP) is 4.35. The van der Waals surface area contributed by atoms with Crippen LogP contribution in [-0.2, 0) is 11.2 Å². The highest BCUT2D eigenvalue weighted by Crippen LogP contribution is 2.19. The van der Waals surface area contributed by atoms with Crippen molar-refractivity contribution < 1.29 is 9.53 Å². The maximum absolute atomic E-state index is 12.2. The number of carbonyl (C=O) groups excluding carboxylic acids is 1. The number of carbonyl (C=O) groups is 1. The zero-order valence-corrected chi connectivity index (χ0v) is 14.5. The molecule has 22 heavy (non-hydrogen) atoms. The Bertz CT molecular complexity index is 445. The van der Waals surface area contributed by atoms with Crippen LogP contribution in [0, 0.1) is 5.92 Å². The molecule has 0 radical (unpaired) electrons. The first kappa shape index (κ1) is 18.5. The summed E-state index contributed by atoms with van der Waals surface area (Å²) in [7, 11) is 0. The summed E-state index contributed by atoms with van der Waals surface area (Å²) in [6.45, 7) is 9.04. The third-order valence-corrected chi connectivity index (χ3v) is 4.13. The lowest BCUT2D eigenvalue weighted by atomic mass is 9.99. The molecule has 0 aliphatic carbocycles. The number of hydrogen-bond acceptors (Lipinski definition) is 2. The van der Waals surface area contributed by atoms with Gasteiger partial charge in [-0.3, -0.25) is 4.79 Å². The molecule has 0 heterocycles. The molecular formula is C19H31NO2. The highest BCUT2D eigenvalue weighted by molar-refractivity contribution is 5.80. The van der Waals surface area contributed by atoms with Gasteiger partial charge < -0.3 is 10.1 Å². The van der Waals surface area contributed by atoms with E-state index in [0.717, 1.165) is 30.7 Å². The monoisotopic (exact) mass is 305 g/mol. The molecule has 3 heteroatoms. The number of para-hydroxylation sites is 1. The van der Waals surface area contributed by atoms with Gasteiger partial charge in [0.15, 0.2) is 6.10 Å². The summed E-state index contributed by atoms with van der Waals surface area (Å²) in [6, 6.07) is 7.91. The zero-order valence-electron chi connectivity index (χ0n) is 14.5. The van der Waals surface area contributed by atoms with Crippen molar-refractivity contribution in [3.8, 4) is 5.75 Å². The van der Waals surface area contributed by atoms with E-state index < -0.39 is 6.10 Å². The summed E-state index contributed by atoms with van der Waals surface area (Å²) in [4.78, 5) is 12.2.